The van der Waals surface area contributed by atoms with Crippen LogP contribution < -0.4 is 9.62 Å². The van der Waals surface area contributed by atoms with Gasteiger partial charge in [0, 0.05) is 25.6 Å². The van der Waals surface area contributed by atoms with Crippen LogP contribution in [0.1, 0.15) is 57.2 Å². The average molecular weight is 502 g/mol. The Labute approximate surface area is 210 Å². The fourth-order valence-electron chi connectivity index (χ4n) is 3.86. The standard InChI is InChI=1S/C27H39N3O4S/c1-7-23-14-16-25(17-15-23)30(35(6,33)34)18-10-13-26(31)29(22(5)27(32)28-20(2)3)19-24-12-9-8-11-21(24)4/h8-9,11-12,14-17,20,22H,7,10,13,18-19H2,1-6H3,(H,28,32). The minimum Gasteiger partial charge on any atom is -0.352 e. The van der Waals surface area contributed by atoms with Crippen molar-refractivity contribution in [1.82, 2.24) is 10.2 Å². The van der Waals surface area contributed by atoms with Crippen molar-refractivity contribution in [2.24, 2.45) is 0 Å². The van der Waals surface area contributed by atoms with Gasteiger partial charge in [0.25, 0.3) is 0 Å². The Bertz CT molecular complexity index is 1100. The number of anilines is 1. The van der Waals surface area contributed by atoms with Crippen LogP contribution in [0.2, 0.25) is 0 Å². The maximum absolute atomic E-state index is 13.3. The Balaban J connectivity index is 2.17. The van der Waals surface area contributed by atoms with Crippen LogP contribution in [0.25, 0.3) is 0 Å². The zero-order valence-electron chi connectivity index (χ0n) is 21.7. The fraction of sp³-hybridized carbons (Fsp3) is 0.481. The molecule has 35 heavy (non-hydrogen) atoms. The van der Waals surface area contributed by atoms with Gasteiger partial charge in [0.1, 0.15) is 6.04 Å². The Kier molecular flexibility index (Phi) is 10.3. The summed E-state index contributed by atoms with van der Waals surface area (Å²) >= 11 is 0. The molecule has 2 rings (SSSR count). The lowest BCUT2D eigenvalue weighted by Gasteiger charge is -2.30. The van der Waals surface area contributed by atoms with Crippen LogP contribution in [0.4, 0.5) is 5.69 Å². The van der Waals surface area contributed by atoms with Crippen molar-refractivity contribution in [3.8, 4) is 0 Å². The number of nitrogens with zero attached hydrogens (tertiary/aromatic N) is 2. The highest BCUT2D eigenvalue weighted by atomic mass is 32.2. The average Bonchev–Trinajstić information content (AvgIpc) is 2.79. The normalized spacial score (nSPS) is 12.3. The van der Waals surface area contributed by atoms with Crippen LogP contribution in [0, 0.1) is 6.92 Å². The molecule has 1 atom stereocenters. The van der Waals surface area contributed by atoms with Gasteiger partial charge in [-0.05, 0) is 69.4 Å². The van der Waals surface area contributed by atoms with E-state index in [2.05, 4.69) is 5.32 Å². The number of amides is 2. The largest absolute Gasteiger partial charge is 0.352 e. The molecule has 0 radical (unpaired) electrons. The number of rotatable bonds is 12. The van der Waals surface area contributed by atoms with Gasteiger partial charge in [0.15, 0.2) is 0 Å². The molecule has 0 fully saturated rings. The first-order chi connectivity index (χ1) is 16.4. The second-order valence-electron chi connectivity index (χ2n) is 9.25. The van der Waals surface area contributed by atoms with Crippen molar-refractivity contribution in [3.63, 3.8) is 0 Å². The molecule has 0 aliphatic rings. The van der Waals surface area contributed by atoms with E-state index in [1.54, 1.807) is 24.0 Å². The fourth-order valence-corrected chi connectivity index (χ4v) is 4.83. The van der Waals surface area contributed by atoms with Gasteiger partial charge in [-0.1, -0.05) is 43.3 Å². The maximum atomic E-state index is 13.3. The van der Waals surface area contributed by atoms with Gasteiger partial charge in [-0.3, -0.25) is 13.9 Å². The summed E-state index contributed by atoms with van der Waals surface area (Å²) in [6.45, 7) is 10.00. The highest BCUT2D eigenvalue weighted by molar-refractivity contribution is 7.92. The van der Waals surface area contributed by atoms with Crippen LogP contribution >= 0.6 is 0 Å². The van der Waals surface area contributed by atoms with Crippen LogP contribution in [0.15, 0.2) is 48.5 Å². The zero-order valence-corrected chi connectivity index (χ0v) is 22.6. The minimum atomic E-state index is -3.51. The molecule has 192 valence electrons. The summed E-state index contributed by atoms with van der Waals surface area (Å²) in [5, 5.41) is 2.88. The van der Waals surface area contributed by atoms with Crippen LogP contribution in [-0.4, -0.2) is 50.0 Å². The van der Waals surface area contributed by atoms with E-state index >= 15 is 0 Å². The minimum absolute atomic E-state index is 0.0391. The second kappa shape index (κ2) is 12.7. The number of hydrogen-bond acceptors (Lipinski definition) is 4. The molecular formula is C27H39N3O4S. The van der Waals surface area contributed by atoms with E-state index < -0.39 is 16.1 Å². The molecule has 8 heteroatoms. The summed E-state index contributed by atoms with van der Waals surface area (Å²) in [4.78, 5) is 27.6. The molecule has 0 aromatic heterocycles. The summed E-state index contributed by atoms with van der Waals surface area (Å²) < 4.78 is 26.2. The molecule has 1 unspecified atom stereocenters. The van der Waals surface area contributed by atoms with E-state index in [1.165, 1.54) is 10.6 Å². The molecule has 0 saturated carbocycles. The highest BCUT2D eigenvalue weighted by Gasteiger charge is 2.27. The molecule has 0 saturated heterocycles. The smallest absolute Gasteiger partial charge is 0.242 e. The van der Waals surface area contributed by atoms with Crippen molar-refractivity contribution < 1.29 is 18.0 Å². The number of benzene rings is 2. The van der Waals surface area contributed by atoms with Crippen LogP contribution in [0.3, 0.4) is 0 Å². The summed E-state index contributed by atoms with van der Waals surface area (Å²) in [6.07, 6.45) is 2.51. The van der Waals surface area contributed by atoms with Gasteiger partial charge < -0.3 is 10.2 Å². The molecule has 1 N–H and O–H groups in total. The van der Waals surface area contributed by atoms with Crippen molar-refractivity contribution >= 4 is 27.5 Å². The van der Waals surface area contributed by atoms with E-state index in [0.717, 1.165) is 23.1 Å². The van der Waals surface area contributed by atoms with Gasteiger partial charge in [-0.15, -0.1) is 0 Å². The quantitative estimate of drug-likeness (QED) is 0.475. The highest BCUT2D eigenvalue weighted by Crippen LogP contribution is 2.20. The molecule has 2 aromatic carbocycles. The van der Waals surface area contributed by atoms with Crippen molar-refractivity contribution in [1.29, 1.82) is 0 Å². The lowest BCUT2D eigenvalue weighted by molar-refractivity contribution is -0.140. The monoisotopic (exact) mass is 501 g/mol. The number of nitrogens with one attached hydrogen (secondary N) is 1. The number of aryl methyl sites for hydroxylation is 2. The summed E-state index contributed by atoms with van der Waals surface area (Å²) in [7, 11) is -3.51. The van der Waals surface area contributed by atoms with Gasteiger partial charge in [0.2, 0.25) is 21.8 Å². The first-order valence-corrected chi connectivity index (χ1v) is 14.0. The molecular weight excluding hydrogens is 462 g/mol. The van der Waals surface area contributed by atoms with E-state index in [1.807, 2.05) is 64.1 Å². The molecule has 0 aliphatic heterocycles. The Hall–Kier alpha value is -2.87. The van der Waals surface area contributed by atoms with Gasteiger partial charge in [-0.2, -0.15) is 0 Å². The van der Waals surface area contributed by atoms with E-state index in [4.69, 9.17) is 0 Å². The van der Waals surface area contributed by atoms with Crippen LogP contribution in [0.5, 0.6) is 0 Å². The van der Waals surface area contributed by atoms with Crippen molar-refractivity contribution in [2.75, 3.05) is 17.1 Å². The molecule has 0 heterocycles. The summed E-state index contributed by atoms with van der Waals surface area (Å²) in [5.74, 6) is -0.398. The Morgan fingerprint density at radius 2 is 1.63 bits per heavy atom. The third-order valence-electron chi connectivity index (χ3n) is 5.98. The molecule has 0 bridgehead atoms. The summed E-state index contributed by atoms with van der Waals surface area (Å²) in [6, 6.07) is 14.5. The molecule has 0 aliphatic carbocycles. The SMILES string of the molecule is CCc1ccc(N(CCCC(=O)N(Cc2ccccc2C)C(C)C(=O)NC(C)C)S(C)(=O)=O)cc1. The van der Waals surface area contributed by atoms with E-state index in [0.29, 0.717) is 18.7 Å². The van der Waals surface area contributed by atoms with Gasteiger partial charge >= 0.3 is 0 Å². The first-order valence-electron chi connectivity index (χ1n) is 12.1. The van der Waals surface area contributed by atoms with E-state index in [-0.39, 0.29) is 30.8 Å². The predicted molar refractivity (Wildman–Crippen MR) is 142 cm³/mol. The maximum Gasteiger partial charge on any atom is 0.242 e. The number of carbonyl (C=O) groups is 2. The van der Waals surface area contributed by atoms with Gasteiger partial charge in [0.05, 0.1) is 11.9 Å². The van der Waals surface area contributed by atoms with Crippen molar-refractivity contribution in [2.45, 2.75) is 72.5 Å². The number of sulfonamides is 1. The third kappa shape index (κ3) is 8.38. The summed E-state index contributed by atoms with van der Waals surface area (Å²) in [5.41, 5.74) is 3.72. The zero-order chi connectivity index (χ0) is 26.2. The second-order valence-corrected chi connectivity index (χ2v) is 11.2. The first kappa shape index (κ1) is 28.4. The lowest BCUT2D eigenvalue weighted by Crippen LogP contribution is -2.49. The van der Waals surface area contributed by atoms with Crippen molar-refractivity contribution in [3.05, 3.63) is 65.2 Å². The Morgan fingerprint density at radius 1 is 1.00 bits per heavy atom. The van der Waals surface area contributed by atoms with E-state index in [9.17, 15) is 18.0 Å². The lowest BCUT2D eigenvalue weighted by atomic mass is 10.1. The third-order valence-corrected chi connectivity index (χ3v) is 7.18. The molecule has 2 aromatic rings. The van der Waals surface area contributed by atoms with Crippen LogP contribution in [-0.2, 0) is 32.6 Å². The number of carbonyl (C=O) groups excluding carboxylic acids is 2. The predicted octanol–water partition coefficient (Wildman–Crippen LogP) is 4.05. The Morgan fingerprint density at radius 3 is 2.17 bits per heavy atom. The molecule has 0 spiro atoms. The number of hydrogen-bond donors (Lipinski definition) is 1. The topological polar surface area (TPSA) is 86.8 Å². The molecule has 2 amide bonds. The van der Waals surface area contributed by atoms with Gasteiger partial charge in [-0.25, -0.2) is 8.42 Å². The molecule has 7 nitrogen and oxygen atoms in total.